The number of methoxy groups -OCH3 is 1. The van der Waals surface area contributed by atoms with E-state index in [4.69, 9.17) is 4.74 Å². The number of nitrogens with one attached hydrogen (secondary N) is 2. The molecule has 0 amide bonds. The minimum Gasteiger partial charge on any atom is -0.385 e. The maximum atomic E-state index is 13.4. The summed E-state index contributed by atoms with van der Waals surface area (Å²) in [5.74, 6) is -0.0493. The molecule has 1 aromatic heterocycles. The van der Waals surface area contributed by atoms with Gasteiger partial charge < -0.3 is 25.0 Å². The number of aromatic nitrogens is 2. The zero-order valence-corrected chi connectivity index (χ0v) is 17.5. The molecule has 0 aliphatic carbocycles. The molecule has 0 aliphatic heterocycles. The summed E-state index contributed by atoms with van der Waals surface area (Å²) in [6, 6.07) is 0. The maximum absolute atomic E-state index is 13.4. The molecule has 1 unspecified atom stereocenters. The zero-order valence-electron chi connectivity index (χ0n) is 15.1. The van der Waals surface area contributed by atoms with Crippen LogP contribution >= 0.6 is 24.0 Å². The number of nitrogens with zero attached hydrogens (tertiary/aromatic N) is 3. The Morgan fingerprint density at radius 1 is 1.38 bits per heavy atom. The van der Waals surface area contributed by atoms with Gasteiger partial charge in [-0.25, -0.2) is 4.98 Å². The van der Waals surface area contributed by atoms with Crippen LogP contribution in [0, 0.1) is 0 Å². The molecule has 0 saturated carbocycles. The molecule has 0 saturated heterocycles. The quantitative estimate of drug-likeness (QED) is 0.212. The second-order valence-corrected chi connectivity index (χ2v) is 5.50. The van der Waals surface area contributed by atoms with Crippen molar-refractivity contribution >= 4 is 29.9 Å². The van der Waals surface area contributed by atoms with Gasteiger partial charge in [-0.1, -0.05) is 0 Å². The van der Waals surface area contributed by atoms with Crippen molar-refractivity contribution in [3.05, 3.63) is 18.2 Å². The fourth-order valence-electron chi connectivity index (χ4n) is 2.25. The number of halogens is 4. The minimum absolute atomic E-state index is 0. The minimum atomic E-state index is -4.85. The van der Waals surface area contributed by atoms with Crippen LogP contribution in [0.1, 0.15) is 25.6 Å². The lowest BCUT2D eigenvalue weighted by Crippen LogP contribution is -2.48. The Bertz CT molecular complexity index is 554. The molecule has 0 aliphatic rings. The first-order valence-electron chi connectivity index (χ1n) is 8.04. The third-order valence-corrected chi connectivity index (χ3v) is 3.56. The first-order chi connectivity index (χ1) is 11.8. The highest BCUT2D eigenvalue weighted by Gasteiger charge is 2.57. The molecule has 7 nitrogen and oxygen atoms in total. The lowest BCUT2D eigenvalue weighted by Gasteiger charge is -2.30. The van der Waals surface area contributed by atoms with Crippen LogP contribution in [-0.2, 0) is 17.4 Å². The van der Waals surface area contributed by atoms with E-state index < -0.39 is 24.0 Å². The molecule has 11 heteroatoms. The molecular weight excluding hydrogens is 466 g/mol. The van der Waals surface area contributed by atoms with Gasteiger partial charge in [-0.15, -0.1) is 24.0 Å². The number of aliphatic hydroxyl groups is 1. The highest BCUT2D eigenvalue weighted by molar-refractivity contribution is 14.0. The van der Waals surface area contributed by atoms with Crippen LogP contribution in [-0.4, -0.2) is 60.1 Å². The van der Waals surface area contributed by atoms with E-state index in [2.05, 4.69) is 20.6 Å². The van der Waals surface area contributed by atoms with Crippen molar-refractivity contribution in [1.82, 2.24) is 20.2 Å². The van der Waals surface area contributed by atoms with Gasteiger partial charge in [0.15, 0.2) is 5.96 Å². The number of hydrogen-bond acceptors (Lipinski definition) is 4. The molecule has 0 aromatic carbocycles. The topological polar surface area (TPSA) is 83.7 Å². The monoisotopic (exact) mass is 493 g/mol. The summed E-state index contributed by atoms with van der Waals surface area (Å²) in [6.07, 6.45) is -2.15. The van der Waals surface area contributed by atoms with Gasteiger partial charge in [-0.2, -0.15) is 13.2 Å². The van der Waals surface area contributed by atoms with Crippen molar-refractivity contribution in [1.29, 1.82) is 0 Å². The van der Waals surface area contributed by atoms with E-state index >= 15 is 0 Å². The molecule has 0 radical (unpaired) electrons. The average molecular weight is 493 g/mol. The van der Waals surface area contributed by atoms with Crippen molar-refractivity contribution in [3.8, 4) is 0 Å². The van der Waals surface area contributed by atoms with Crippen LogP contribution in [0.5, 0.6) is 0 Å². The second kappa shape index (κ2) is 11.6. The van der Waals surface area contributed by atoms with Crippen LogP contribution in [0.25, 0.3) is 0 Å². The van der Waals surface area contributed by atoms with Gasteiger partial charge >= 0.3 is 6.18 Å². The third-order valence-electron chi connectivity index (χ3n) is 3.56. The molecule has 152 valence electrons. The Balaban J connectivity index is 0.00000625. The number of alkyl halides is 3. The van der Waals surface area contributed by atoms with E-state index in [0.29, 0.717) is 32.1 Å². The van der Waals surface area contributed by atoms with Crippen LogP contribution in [0.3, 0.4) is 0 Å². The summed E-state index contributed by atoms with van der Waals surface area (Å²) < 4.78 is 46.3. The first-order valence-corrected chi connectivity index (χ1v) is 8.04. The number of aryl methyl sites for hydroxylation is 1. The van der Waals surface area contributed by atoms with Gasteiger partial charge in [0, 0.05) is 59.2 Å². The molecule has 0 bridgehead atoms. The largest absolute Gasteiger partial charge is 0.424 e. The van der Waals surface area contributed by atoms with Gasteiger partial charge in [-0.05, 0) is 13.3 Å². The van der Waals surface area contributed by atoms with E-state index in [0.717, 1.165) is 4.57 Å². The molecule has 1 atom stereocenters. The number of imidazole rings is 1. The molecule has 26 heavy (non-hydrogen) atoms. The lowest BCUT2D eigenvalue weighted by molar-refractivity contribution is -0.272. The Morgan fingerprint density at radius 3 is 2.58 bits per heavy atom. The second-order valence-electron chi connectivity index (χ2n) is 5.50. The number of rotatable bonds is 9. The van der Waals surface area contributed by atoms with Gasteiger partial charge in [0.25, 0.3) is 0 Å². The SMILES string of the molecule is CCNC(=NCCCOC)NCCC(O)(c1nccn1C)C(F)(F)F.I. The molecule has 1 rings (SSSR count). The molecule has 1 aromatic rings. The zero-order chi connectivity index (χ0) is 18.9. The number of aliphatic imine (C=N–C) groups is 1. The Labute approximate surface area is 168 Å². The summed E-state index contributed by atoms with van der Waals surface area (Å²) in [6.45, 7) is 3.33. The number of ether oxygens (including phenoxy) is 1. The van der Waals surface area contributed by atoms with Gasteiger partial charge in [0.1, 0.15) is 5.82 Å². The fraction of sp³-hybridized carbons (Fsp3) is 0.733. The van der Waals surface area contributed by atoms with Crippen molar-refractivity contribution in [2.75, 3.05) is 33.4 Å². The summed E-state index contributed by atoms with van der Waals surface area (Å²) in [5.41, 5.74) is -3.04. The first kappa shape index (κ1) is 24.9. The smallest absolute Gasteiger partial charge is 0.385 e. The van der Waals surface area contributed by atoms with Crippen LogP contribution in [0.15, 0.2) is 17.4 Å². The number of hydrogen-bond donors (Lipinski definition) is 3. The van der Waals surface area contributed by atoms with E-state index in [1.54, 1.807) is 7.11 Å². The summed E-state index contributed by atoms with van der Waals surface area (Å²) >= 11 is 0. The summed E-state index contributed by atoms with van der Waals surface area (Å²) in [4.78, 5) is 7.91. The van der Waals surface area contributed by atoms with Gasteiger partial charge in [0.2, 0.25) is 5.60 Å². The molecule has 3 N–H and O–H groups in total. The Kier molecular flexibility index (Phi) is 11.1. The molecule has 0 spiro atoms. The van der Waals surface area contributed by atoms with Crippen LogP contribution in [0.4, 0.5) is 13.2 Å². The molecule has 0 fully saturated rings. The van der Waals surface area contributed by atoms with E-state index in [1.807, 2.05) is 6.92 Å². The van der Waals surface area contributed by atoms with Crippen LogP contribution in [0.2, 0.25) is 0 Å². The third kappa shape index (κ3) is 6.91. The van der Waals surface area contributed by atoms with Crippen molar-refractivity contribution in [2.24, 2.45) is 12.0 Å². The van der Waals surface area contributed by atoms with Crippen molar-refractivity contribution in [3.63, 3.8) is 0 Å². The standard InChI is InChI=1S/C15H26F3N5O2.HI/c1-4-19-13(21-7-5-11-25-3)22-8-6-14(24,15(16,17)18)12-20-9-10-23(12)2;/h9-10,24H,4-8,11H2,1-3H3,(H2,19,21,22);1H. The average Bonchev–Trinajstić information content (AvgIpc) is 2.96. The predicted molar refractivity (Wildman–Crippen MR) is 104 cm³/mol. The predicted octanol–water partition coefficient (Wildman–Crippen LogP) is 1.77. The molecule has 1 heterocycles. The highest BCUT2D eigenvalue weighted by Crippen LogP contribution is 2.40. The Hall–Kier alpha value is -1.08. The lowest BCUT2D eigenvalue weighted by atomic mass is 9.97. The van der Waals surface area contributed by atoms with Gasteiger partial charge in [0.05, 0.1) is 0 Å². The van der Waals surface area contributed by atoms with Crippen LogP contribution < -0.4 is 10.6 Å². The number of guanidine groups is 1. The summed E-state index contributed by atoms with van der Waals surface area (Å²) in [5, 5.41) is 16.0. The summed E-state index contributed by atoms with van der Waals surface area (Å²) in [7, 11) is 3.00. The van der Waals surface area contributed by atoms with Crippen molar-refractivity contribution < 1.29 is 23.0 Å². The molecular formula is C15H27F3IN5O2. The Morgan fingerprint density at radius 2 is 2.08 bits per heavy atom. The van der Waals surface area contributed by atoms with E-state index in [-0.39, 0.29) is 30.5 Å². The normalized spacial score (nSPS) is 14.5. The maximum Gasteiger partial charge on any atom is 0.424 e. The van der Waals surface area contributed by atoms with E-state index in [1.165, 1.54) is 19.4 Å². The van der Waals surface area contributed by atoms with E-state index in [9.17, 15) is 18.3 Å². The van der Waals surface area contributed by atoms with Gasteiger partial charge in [-0.3, -0.25) is 4.99 Å². The van der Waals surface area contributed by atoms with Crippen molar-refractivity contribution in [2.45, 2.75) is 31.5 Å². The fourth-order valence-corrected chi connectivity index (χ4v) is 2.25. The highest BCUT2D eigenvalue weighted by atomic mass is 127.